The minimum absolute atomic E-state index is 0.0887. The van der Waals surface area contributed by atoms with Crippen molar-refractivity contribution in [3.63, 3.8) is 0 Å². The Bertz CT molecular complexity index is 502. The van der Waals surface area contributed by atoms with Crippen molar-refractivity contribution < 1.29 is 24.3 Å². The second-order valence-electron chi connectivity index (χ2n) is 3.77. The van der Waals surface area contributed by atoms with Crippen LogP contribution in [-0.2, 0) is 14.4 Å². The molecule has 0 aliphatic carbocycles. The molecule has 1 atom stereocenters. The number of carboxylic acid groups (broad SMARTS) is 1. The normalized spacial score (nSPS) is 11.5. The molecule has 0 bridgehead atoms. The summed E-state index contributed by atoms with van der Waals surface area (Å²) in [5, 5.41) is 20.4. The molecule has 0 spiro atoms. The maximum Gasteiger partial charge on any atom is 0.405 e. The molecule has 1 amide bonds. The van der Waals surface area contributed by atoms with Gasteiger partial charge < -0.3 is 20.0 Å². The van der Waals surface area contributed by atoms with E-state index in [1.54, 1.807) is 11.4 Å². The van der Waals surface area contributed by atoms with Crippen LogP contribution in [-0.4, -0.2) is 36.7 Å². The van der Waals surface area contributed by atoms with Gasteiger partial charge in [0, 0.05) is 29.9 Å². The molecule has 1 aromatic heterocycles. The molecule has 110 valence electrons. The van der Waals surface area contributed by atoms with Crippen molar-refractivity contribution in [1.29, 1.82) is 5.41 Å². The third-order valence-corrected chi connectivity index (χ3v) is 3.23. The van der Waals surface area contributed by atoms with E-state index in [4.69, 9.17) is 15.3 Å². The summed E-state index contributed by atoms with van der Waals surface area (Å²) in [7, 11) is 1.47. The van der Waals surface area contributed by atoms with E-state index in [-0.39, 0.29) is 12.4 Å². The van der Waals surface area contributed by atoms with E-state index in [0.29, 0.717) is 10.4 Å². The number of methoxy groups -OCH3 is 1. The third-order valence-electron chi connectivity index (χ3n) is 2.18. The molecule has 0 fully saturated rings. The Morgan fingerprint density at radius 2 is 2.25 bits per heavy atom. The monoisotopic (exact) mass is 301 g/mol. The first-order valence-electron chi connectivity index (χ1n) is 5.53. The topological polar surface area (TPSA) is 121 Å². The van der Waals surface area contributed by atoms with Gasteiger partial charge in [-0.25, -0.2) is 10.3 Å². The Morgan fingerprint density at radius 3 is 2.80 bits per heavy atom. The summed E-state index contributed by atoms with van der Waals surface area (Å²) >= 11 is 1.28. The van der Waals surface area contributed by atoms with Gasteiger partial charge in [0.25, 0.3) is 0 Å². The van der Waals surface area contributed by atoms with E-state index in [2.05, 4.69) is 15.6 Å². The molecule has 0 aliphatic heterocycles. The molecule has 0 aromatic carbocycles. The van der Waals surface area contributed by atoms with Gasteiger partial charge in [0.15, 0.2) is 5.84 Å². The van der Waals surface area contributed by atoms with Crippen molar-refractivity contribution >= 4 is 29.2 Å². The second-order valence-corrected chi connectivity index (χ2v) is 4.71. The Labute approximate surface area is 119 Å². The molecule has 4 N–H and O–H groups in total. The van der Waals surface area contributed by atoms with Crippen molar-refractivity contribution in [1.82, 2.24) is 10.8 Å². The van der Waals surface area contributed by atoms with Gasteiger partial charge in [0.1, 0.15) is 0 Å². The minimum Gasteiger partial charge on any atom is -0.465 e. The van der Waals surface area contributed by atoms with E-state index in [0.717, 1.165) is 0 Å². The fourth-order valence-electron chi connectivity index (χ4n) is 1.36. The van der Waals surface area contributed by atoms with Gasteiger partial charge >= 0.3 is 12.1 Å². The fraction of sp³-hybridized carbons (Fsp3) is 0.364. The van der Waals surface area contributed by atoms with Gasteiger partial charge in [-0.05, 0) is 6.07 Å². The average Bonchev–Trinajstić information content (AvgIpc) is 2.84. The molecule has 20 heavy (non-hydrogen) atoms. The lowest BCUT2D eigenvalue weighted by Crippen LogP contribution is -2.29. The van der Waals surface area contributed by atoms with E-state index < -0.39 is 18.1 Å². The summed E-state index contributed by atoms with van der Waals surface area (Å²) < 4.78 is 4.95. The highest BCUT2D eigenvalue weighted by Gasteiger charge is 2.17. The maximum atomic E-state index is 10.7. The predicted octanol–water partition coefficient (Wildman–Crippen LogP) is 1.10. The van der Waals surface area contributed by atoms with Gasteiger partial charge in [0.2, 0.25) is 0 Å². The Hall–Kier alpha value is -2.13. The highest BCUT2D eigenvalue weighted by Crippen LogP contribution is 2.22. The highest BCUT2D eigenvalue weighted by atomic mass is 32.1. The molecule has 0 saturated heterocycles. The van der Waals surface area contributed by atoms with Crippen molar-refractivity contribution in [3.05, 3.63) is 21.9 Å². The van der Waals surface area contributed by atoms with Crippen LogP contribution in [0.5, 0.6) is 0 Å². The van der Waals surface area contributed by atoms with E-state index in [1.807, 2.05) is 0 Å². The van der Waals surface area contributed by atoms with Gasteiger partial charge in [-0.1, -0.05) is 0 Å². The van der Waals surface area contributed by atoms with Crippen LogP contribution in [0.15, 0.2) is 11.4 Å². The lowest BCUT2D eigenvalue weighted by atomic mass is 10.2. The van der Waals surface area contributed by atoms with E-state index in [9.17, 15) is 9.59 Å². The number of nitrogens with one attached hydrogen (secondary N) is 3. The molecule has 1 rings (SSSR count). The SMILES string of the molecule is COCC(NC(=O)O)c1cc(C(=N)NOC(C)=O)cs1. The number of hydrogen-bond acceptors (Lipinski definition) is 6. The van der Waals surface area contributed by atoms with Crippen LogP contribution in [0.25, 0.3) is 0 Å². The molecule has 0 saturated carbocycles. The number of amidine groups is 1. The first-order valence-corrected chi connectivity index (χ1v) is 6.41. The van der Waals surface area contributed by atoms with Crippen LogP contribution in [0, 0.1) is 5.41 Å². The zero-order valence-electron chi connectivity index (χ0n) is 10.9. The fourth-order valence-corrected chi connectivity index (χ4v) is 2.29. The molecular weight excluding hydrogens is 286 g/mol. The molecule has 0 aliphatic rings. The average molecular weight is 301 g/mol. The van der Waals surface area contributed by atoms with Crippen LogP contribution in [0.3, 0.4) is 0 Å². The number of carbonyl (C=O) groups is 2. The Morgan fingerprint density at radius 1 is 1.55 bits per heavy atom. The number of carbonyl (C=O) groups excluding carboxylic acids is 1. The van der Waals surface area contributed by atoms with Gasteiger partial charge in [-0.3, -0.25) is 10.2 Å². The summed E-state index contributed by atoms with van der Waals surface area (Å²) in [6.45, 7) is 1.39. The van der Waals surface area contributed by atoms with Crippen LogP contribution < -0.4 is 10.8 Å². The predicted molar refractivity (Wildman–Crippen MR) is 71.8 cm³/mol. The zero-order valence-corrected chi connectivity index (χ0v) is 11.7. The number of amides is 1. The van der Waals surface area contributed by atoms with Crippen molar-refractivity contribution in [2.75, 3.05) is 13.7 Å². The molecule has 9 heteroatoms. The number of rotatable bonds is 5. The summed E-state index contributed by atoms with van der Waals surface area (Å²) in [4.78, 5) is 26.5. The quantitative estimate of drug-likeness (QED) is 0.367. The molecular formula is C11H15N3O5S. The summed E-state index contributed by atoms with van der Waals surface area (Å²) in [5.74, 6) is -0.649. The largest absolute Gasteiger partial charge is 0.465 e. The maximum absolute atomic E-state index is 10.7. The molecule has 1 aromatic rings. The summed E-state index contributed by atoms with van der Waals surface area (Å²) in [6.07, 6.45) is -1.16. The molecule has 1 heterocycles. The Balaban J connectivity index is 2.75. The third kappa shape index (κ3) is 4.86. The second kappa shape index (κ2) is 7.46. The smallest absolute Gasteiger partial charge is 0.405 e. The lowest BCUT2D eigenvalue weighted by Gasteiger charge is -2.13. The van der Waals surface area contributed by atoms with E-state index in [1.165, 1.54) is 25.4 Å². The molecule has 0 radical (unpaired) electrons. The van der Waals surface area contributed by atoms with Crippen molar-refractivity contribution in [2.45, 2.75) is 13.0 Å². The number of hydroxylamine groups is 1. The number of thiophene rings is 1. The molecule has 1 unspecified atom stereocenters. The first kappa shape index (κ1) is 15.9. The summed E-state index contributed by atoms with van der Waals surface area (Å²) in [5.41, 5.74) is 2.68. The summed E-state index contributed by atoms with van der Waals surface area (Å²) in [6, 6.07) is 1.11. The zero-order chi connectivity index (χ0) is 15.1. The van der Waals surface area contributed by atoms with E-state index >= 15 is 0 Å². The molecule has 8 nitrogen and oxygen atoms in total. The van der Waals surface area contributed by atoms with Gasteiger partial charge in [0.05, 0.1) is 12.6 Å². The number of ether oxygens (including phenoxy) is 1. The van der Waals surface area contributed by atoms with Crippen LogP contribution in [0.1, 0.15) is 23.4 Å². The van der Waals surface area contributed by atoms with Gasteiger partial charge in [-0.15, -0.1) is 11.3 Å². The van der Waals surface area contributed by atoms with Crippen molar-refractivity contribution in [2.24, 2.45) is 0 Å². The van der Waals surface area contributed by atoms with Crippen LogP contribution in [0.4, 0.5) is 4.79 Å². The Kier molecular flexibility index (Phi) is 5.94. The standard InChI is InChI=1S/C11H15N3O5S/c1-6(15)19-14-10(12)7-3-9(20-5-7)8(4-18-2)13-11(16)17/h3,5,8,13H,4H2,1-2H3,(H2,12,14)(H,16,17). The first-order chi connectivity index (χ1) is 9.43. The number of hydrogen-bond donors (Lipinski definition) is 4. The van der Waals surface area contributed by atoms with Gasteiger partial charge in [-0.2, -0.15) is 0 Å². The minimum atomic E-state index is -1.16. The van der Waals surface area contributed by atoms with Crippen LogP contribution >= 0.6 is 11.3 Å². The van der Waals surface area contributed by atoms with Crippen molar-refractivity contribution in [3.8, 4) is 0 Å². The highest BCUT2D eigenvalue weighted by molar-refractivity contribution is 7.10. The van der Waals surface area contributed by atoms with Crippen LogP contribution in [0.2, 0.25) is 0 Å². The lowest BCUT2D eigenvalue weighted by molar-refractivity contribution is -0.145.